The van der Waals surface area contributed by atoms with Gasteiger partial charge in [-0.2, -0.15) is 9.41 Å². The number of hydrazone groups is 1. The highest BCUT2D eigenvalue weighted by molar-refractivity contribution is 7.89. The molecule has 0 amide bonds. The quantitative estimate of drug-likeness (QED) is 0.241. The Morgan fingerprint density at radius 2 is 1.91 bits per heavy atom. The minimum Gasteiger partial charge on any atom is -0.361 e. The van der Waals surface area contributed by atoms with Gasteiger partial charge < -0.3 is 10.3 Å². The number of aryl methyl sites for hydroxylation is 1. The van der Waals surface area contributed by atoms with Gasteiger partial charge in [-0.25, -0.2) is 8.42 Å². The maximum atomic E-state index is 13.1. The van der Waals surface area contributed by atoms with E-state index in [0.717, 1.165) is 40.6 Å². The Bertz CT molecular complexity index is 1210. The Balaban J connectivity index is 1.77. The molecule has 0 aliphatic heterocycles. The van der Waals surface area contributed by atoms with Gasteiger partial charge in [0.1, 0.15) is 0 Å². The molecule has 170 valence electrons. The molecule has 1 heterocycles. The molecule has 0 fully saturated rings. The van der Waals surface area contributed by atoms with E-state index in [-0.39, 0.29) is 4.90 Å². The molecule has 0 unspecified atom stereocenters. The van der Waals surface area contributed by atoms with E-state index in [9.17, 15) is 8.42 Å². The molecule has 0 spiro atoms. The van der Waals surface area contributed by atoms with E-state index in [4.69, 9.17) is 12.2 Å². The Morgan fingerprint density at radius 1 is 1.16 bits per heavy atom. The van der Waals surface area contributed by atoms with E-state index < -0.39 is 10.0 Å². The minimum absolute atomic E-state index is 0.283. The highest BCUT2D eigenvalue weighted by Crippen LogP contribution is 2.24. The second kappa shape index (κ2) is 10.7. The van der Waals surface area contributed by atoms with Crippen molar-refractivity contribution >= 4 is 50.2 Å². The molecule has 0 radical (unpaired) electrons. The number of anilines is 1. The summed E-state index contributed by atoms with van der Waals surface area (Å²) in [5.74, 6) is 0. The highest BCUT2D eigenvalue weighted by Gasteiger charge is 2.23. The normalized spacial score (nSPS) is 12.0. The molecule has 0 atom stereocenters. The van der Waals surface area contributed by atoms with Crippen LogP contribution in [-0.2, 0) is 10.0 Å². The third-order valence-electron chi connectivity index (χ3n) is 4.91. The SMILES string of the molecule is CCCN(CCC)S(=O)(=O)c1ccc2[nH]cc(C=NNC(=S)Nc3cccc(C)c3)c2c1. The van der Waals surface area contributed by atoms with Gasteiger partial charge in [0.05, 0.1) is 11.1 Å². The van der Waals surface area contributed by atoms with Crippen molar-refractivity contribution in [1.29, 1.82) is 0 Å². The maximum Gasteiger partial charge on any atom is 0.243 e. The first kappa shape index (κ1) is 23.9. The molecule has 0 aliphatic carbocycles. The monoisotopic (exact) mass is 471 g/mol. The topological polar surface area (TPSA) is 89.6 Å². The van der Waals surface area contributed by atoms with Crippen molar-refractivity contribution in [3.8, 4) is 0 Å². The molecule has 0 saturated heterocycles. The van der Waals surface area contributed by atoms with E-state index in [1.54, 1.807) is 34.9 Å². The van der Waals surface area contributed by atoms with Crippen molar-refractivity contribution in [1.82, 2.24) is 14.7 Å². The summed E-state index contributed by atoms with van der Waals surface area (Å²) in [5, 5.41) is 8.43. The van der Waals surface area contributed by atoms with Gasteiger partial charge in [-0.15, -0.1) is 0 Å². The lowest BCUT2D eigenvalue weighted by atomic mass is 10.2. The summed E-state index contributed by atoms with van der Waals surface area (Å²) in [5.41, 5.74) is 6.41. The van der Waals surface area contributed by atoms with Crippen LogP contribution in [0.5, 0.6) is 0 Å². The van der Waals surface area contributed by atoms with Gasteiger partial charge in [0.2, 0.25) is 10.0 Å². The van der Waals surface area contributed by atoms with E-state index >= 15 is 0 Å². The van der Waals surface area contributed by atoms with Crippen molar-refractivity contribution in [3.05, 3.63) is 59.8 Å². The van der Waals surface area contributed by atoms with E-state index in [1.165, 1.54) is 0 Å². The maximum absolute atomic E-state index is 13.1. The number of H-pyrrole nitrogens is 1. The van der Waals surface area contributed by atoms with Crippen LogP contribution in [0, 0.1) is 6.92 Å². The Kier molecular flexibility index (Phi) is 8.00. The van der Waals surface area contributed by atoms with Crippen LogP contribution in [0.25, 0.3) is 10.9 Å². The Hall–Kier alpha value is -2.75. The molecule has 1 aromatic heterocycles. The van der Waals surface area contributed by atoms with Crippen molar-refractivity contribution in [2.45, 2.75) is 38.5 Å². The first-order valence-corrected chi connectivity index (χ1v) is 12.5. The first-order chi connectivity index (χ1) is 15.3. The lowest BCUT2D eigenvalue weighted by Gasteiger charge is -2.21. The van der Waals surface area contributed by atoms with Gasteiger partial charge >= 0.3 is 0 Å². The summed E-state index contributed by atoms with van der Waals surface area (Å²) < 4.78 is 27.8. The summed E-state index contributed by atoms with van der Waals surface area (Å²) in [4.78, 5) is 3.44. The first-order valence-electron chi connectivity index (χ1n) is 10.6. The number of fused-ring (bicyclic) bond motifs is 1. The second-order valence-electron chi connectivity index (χ2n) is 7.55. The number of aromatic nitrogens is 1. The van der Waals surface area contributed by atoms with Gasteiger partial charge in [-0.05, 0) is 67.9 Å². The largest absolute Gasteiger partial charge is 0.361 e. The number of benzene rings is 2. The van der Waals surface area contributed by atoms with Gasteiger partial charge in [0.15, 0.2) is 5.11 Å². The Labute approximate surface area is 195 Å². The van der Waals surface area contributed by atoms with Gasteiger partial charge in [0, 0.05) is 41.4 Å². The standard InChI is InChI=1S/C23H29N5O2S2/c1-4-11-28(12-5-2)32(29,30)20-9-10-22-21(14-20)18(15-24-22)16-25-27-23(31)26-19-8-6-7-17(3)13-19/h6-10,13-16,24H,4-5,11-12H2,1-3H3,(H2,26,27,31). The molecule has 0 saturated carbocycles. The zero-order valence-electron chi connectivity index (χ0n) is 18.6. The molecule has 3 aromatic rings. The van der Waals surface area contributed by atoms with Crippen molar-refractivity contribution in [2.75, 3.05) is 18.4 Å². The van der Waals surface area contributed by atoms with Crippen LogP contribution < -0.4 is 10.7 Å². The molecular formula is C23H29N5O2S2. The van der Waals surface area contributed by atoms with Crippen LogP contribution in [0.1, 0.15) is 37.8 Å². The summed E-state index contributed by atoms with van der Waals surface area (Å²) in [6.07, 6.45) is 4.95. The predicted molar refractivity (Wildman–Crippen MR) is 136 cm³/mol. The van der Waals surface area contributed by atoms with Crippen molar-refractivity contribution in [2.24, 2.45) is 5.10 Å². The Morgan fingerprint density at radius 3 is 2.59 bits per heavy atom. The van der Waals surface area contributed by atoms with E-state index in [0.29, 0.717) is 18.2 Å². The van der Waals surface area contributed by atoms with Crippen LogP contribution in [0.15, 0.2) is 58.7 Å². The zero-order chi connectivity index (χ0) is 23.1. The molecule has 3 N–H and O–H groups in total. The van der Waals surface area contributed by atoms with Crippen molar-refractivity contribution in [3.63, 3.8) is 0 Å². The van der Waals surface area contributed by atoms with Crippen molar-refractivity contribution < 1.29 is 8.42 Å². The van der Waals surface area contributed by atoms with Crippen LogP contribution in [-0.4, -0.2) is 42.1 Å². The zero-order valence-corrected chi connectivity index (χ0v) is 20.2. The fourth-order valence-corrected chi connectivity index (χ4v) is 5.25. The second-order valence-corrected chi connectivity index (χ2v) is 9.90. The molecule has 7 nitrogen and oxygen atoms in total. The average molecular weight is 472 g/mol. The fraction of sp³-hybridized carbons (Fsp3) is 0.304. The number of rotatable bonds is 9. The molecular weight excluding hydrogens is 442 g/mol. The lowest BCUT2D eigenvalue weighted by molar-refractivity contribution is 0.410. The summed E-state index contributed by atoms with van der Waals surface area (Å²) in [6, 6.07) is 13.0. The molecule has 32 heavy (non-hydrogen) atoms. The van der Waals surface area contributed by atoms with Crippen LogP contribution >= 0.6 is 12.2 Å². The number of hydrogen-bond acceptors (Lipinski definition) is 4. The molecule has 0 aliphatic rings. The molecule has 3 rings (SSSR count). The number of nitrogens with one attached hydrogen (secondary N) is 3. The molecule has 9 heteroatoms. The van der Waals surface area contributed by atoms with E-state index in [1.807, 2.05) is 45.0 Å². The lowest BCUT2D eigenvalue weighted by Crippen LogP contribution is -2.32. The number of hydrogen-bond donors (Lipinski definition) is 3. The highest BCUT2D eigenvalue weighted by atomic mass is 32.2. The van der Waals surface area contributed by atoms with Gasteiger partial charge in [0.25, 0.3) is 0 Å². The van der Waals surface area contributed by atoms with Crippen LogP contribution in [0.4, 0.5) is 5.69 Å². The summed E-state index contributed by atoms with van der Waals surface area (Å²) in [6.45, 7) is 6.98. The predicted octanol–water partition coefficient (Wildman–Crippen LogP) is 4.61. The van der Waals surface area contributed by atoms with Gasteiger partial charge in [-0.3, -0.25) is 5.43 Å². The third kappa shape index (κ3) is 5.73. The van der Waals surface area contributed by atoms with Crippen LogP contribution in [0.2, 0.25) is 0 Å². The summed E-state index contributed by atoms with van der Waals surface area (Å²) >= 11 is 5.29. The van der Waals surface area contributed by atoms with Gasteiger partial charge in [-0.1, -0.05) is 26.0 Å². The number of nitrogens with zero attached hydrogens (tertiary/aromatic N) is 2. The smallest absolute Gasteiger partial charge is 0.243 e. The third-order valence-corrected chi connectivity index (χ3v) is 7.00. The summed E-state index contributed by atoms with van der Waals surface area (Å²) in [7, 11) is -3.56. The number of aromatic amines is 1. The average Bonchev–Trinajstić information content (AvgIpc) is 3.16. The fourth-order valence-electron chi connectivity index (χ4n) is 3.43. The molecule has 0 bridgehead atoms. The number of sulfonamides is 1. The van der Waals surface area contributed by atoms with E-state index in [2.05, 4.69) is 20.8 Å². The number of thiocarbonyl (C=S) groups is 1. The minimum atomic E-state index is -3.56. The molecule has 2 aromatic carbocycles. The van der Waals surface area contributed by atoms with Crippen LogP contribution in [0.3, 0.4) is 0 Å².